The third-order valence-corrected chi connectivity index (χ3v) is 6.10. The van der Waals surface area contributed by atoms with Crippen LogP contribution < -0.4 is 15.5 Å². The number of benzene rings is 1. The van der Waals surface area contributed by atoms with Crippen LogP contribution >= 0.6 is 24.0 Å². The Morgan fingerprint density at radius 2 is 1.76 bits per heavy atom. The van der Waals surface area contributed by atoms with E-state index in [0.717, 1.165) is 84.1 Å². The van der Waals surface area contributed by atoms with Crippen LogP contribution in [0.5, 0.6) is 0 Å². The summed E-state index contributed by atoms with van der Waals surface area (Å²) in [7, 11) is 0. The van der Waals surface area contributed by atoms with Gasteiger partial charge >= 0.3 is 6.09 Å². The molecule has 0 saturated carbocycles. The average molecular weight is 573 g/mol. The largest absolute Gasteiger partial charge is 0.450 e. The molecule has 9 heteroatoms. The van der Waals surface area contributed by atoms with Gasteiger partial charge in [-0.2, -0.15) is 0 Å². The summed E-state index contributed by atoms with van der Waals surface area (Å²) in [4.78, 5) is 23.5. The van der Waals surface area contributed by atoms with E-state index < -0.39 is 0 Å². The lowest BCUT2D eigenvalue weighted by Gasteiger charge is -2.36. The summed E-state index contributed by atoms with van der Waals surface area (Å²) in [6.45, 7) is 12.9. The molecule has 2 saturated heterocycles. The quantitative estimate of drug-likeness (QED) is 0.216. The van der Waals surface area contributed by atoms with Crippen molar-refractivity contribution < 1.29 is 9.53 Å². The van der Waals surface area contributed by atoms with Crippen molar-refractivity contribution >= 4 is 41.7 Å². The highest BCUT2D eigenvalue weighted by Gasteiger charge is 2.24. The van der Waals surface area contributed by atoms with Gasteiger partial charge in [0.25, 0.3) is 0 Å². The molecule has 0 atom stereocenters. The number of rotatable bonds is 8. The van der Waals surface area contributed by atoms with Gasteiger partial charge in [0, 0.05) is 70.6 Å². The van der Waals surface area contributed by atoms with Gasteiger partial charge in [-0.05, 0) is 45.2 Å². The van der Waals surface area contributed by atoms with Crippen LogP contribution in [0.2, 0.25) is 0 Å². The summed E-state index contributed by atoms with van der Waals surface area (Å²) >= 11 is 0. The molecule has 0 radical (unpaired) electrons. The highest BCUT2D eigenvalue weighted by molar-refractivity contribution is 14.0. The number of amides is 1. The monoisotopic (exact) mass is 572 g/mol. The molecule has 0 aromatic heterocycles. The number of anilines is 1. The average Bonchev–Trinajstić information content (AvgIpc) is 2.83. The van der Waals surface area contributed by atoms with Crippen LogP contribution in [-0.2, 0) is 4.74 Å². The normalized spacial score (nSPS) is 17.9. The highest BCUT2D eigenvalue weighted by atomic mass is 127. The van der Waals surface area contributed by atoms with Gasteiger partial charge in [0.15, 0.2) is 5.96 Å². The fourth-order valence-electron chi connectivity index (χ4n) is 4.29. The van der Waals surface area contributed by atoms with Crippen LogP contribution in [0.3, 0.4) is 0 Å². The zero-order valence-electron chi connectivity index (χ0n) is 20.2. The number of carbonyl (C=O) groups is 1. The van der Waals surface area contributed by atoms with E-state index in [1.807, 2.05) is 6.92 Å². The van der Waals surface area contributed by atoms with Crippen LogP contribution in [0.25, 0.3) is 0 Å². The van der Waals surface area contributed by atoms with E-state index >= 15 is 0 Å². The predicted octanol–water partition coefficient (Wildman–Crippen LogP) is 2.99. The second-order valence-corrected chi connectivity index (χ2v) is 8.38. The zero-order chi connectivity index (χ0) is 22.6. The minimum Gasteiger partial charge on any atom is -0.450 e. The van der Waals surface area contributed by atoms with E-state index in [2.05, 4.69) is 57.7 Å². The second-order valence-electron chi connectivity index (χ2n) is 8.38. The third kappa shape index (κ3) is 9.19. The van der Waals surface area contributed by atoms with Crippen molar-refractivity contribution in [2.24, 2.45) is 4.99 Å². The van der Waals surface area contributed by atoms with E-state index in [-0.39, 0.29) is 30.1 Å². The van der Waals surface area contributed by atoms with E-state index in [9.17, 15) is 4.79 Å². The molecular weight excluding hydrogens is 531 g/mol. The van der Waals surface area contributed by atoms with Gasteiger partial charge in [-0.15, -0.1) is 24.0 Å². The first kappa shape index (κ1) is 27.5. The molecule has 186 valence electrons. The number of hydrogen-bond donors (Lipinski definition) is 2. The Labute approximate surface area is 216 Å². The lowest BCUT2D eigenvalue weighted by molar-refractivity contribution is 0.0963. The number of nitrogens with zero attached hydrogens (tertiary/aromatic N) is 4. The van der Waals surface area contributed by atoms with Gasteiger partial charge in [0.2, 0.25) is 0 Å². The van der Waals surface area contributed by atoms with Crippen molar-refractivity contribution in [3.05, 3.63) is 30.3 Å². The summed E-state index contributed by atoms with van der Waals surface area (Å²) in [5.74, 6) is 0.885. The maximum absolute atomic E-state index is 11.9. The number of piperidine rings is 1. The molecule has 0 spiro atoms. The summed E-state index contributed by atoms with van der Waals surface area (Å²) < 4.78 is 5.10. The fourth-order valence-corrected chi connectivity index (χ4v) is 4.29. The van der Waals surface area contributed by atoms with Crippen molar-refractivity contribution in [2.45, 2.75) is 39.2 Å². The van der Waals surface area contributed by atoms with Gasteiger partial charge in [0.05, 0.1) is 6.61 Å². The first-order valence-electron chi connectivity index (χ1n) is 12.2. The third-order valence-electron chi connectivity index (χ3n) is 6.10. The molecule has 1 amide bonds. The molecule has 8 nitrogen and oxygen atoms in total. The molecule has 0 unspecified atom stereocenters. The summed E-state index contributed by atoms with van der Waals surface area (Å²) in [5.41, 5.74) is 1.33. The molecule has 2 fully saturated rings. The fraction of sp³-hybridized carbons (Fsp3) is 0.667. The van der Waals surface area contributed by atoms with E-state index in [0.29, 0.717) is 12.6 Å². The van der Waals surface area contributed by atoms with Crippen LogP contribution in [0, 0.1) is 0 Å². The summed E-state index contributed by atoms with van der Waals surface area (Å²) in [6.07, 6.45) is 2.68. The molecule has 2 heterocycles. The van der Waals surface area contributed by atoms with Crippen LogP contribution in [0.1, 0.15) is 33.1 Å². The molecule has 2 aliphatic heterocycles. The van der Waals surface area contributed by atoms with Gasteiger partial charge < -0.3 is 25.2 Å². The lowest BCUT2D eigenvalue weighted by Crippen LogP contribution is -2.50. The number of piperazine rings is 1. The SMILES string of the molecule is CCNC(=NCCCN1CCN(c2ccccc2)CC1)NC1CCN(C(=O)OCC)CC1.I. The van der Waals surface area contributed by atoms with Crippen LogP contribution in [0.15, 0.2) is 35.3 Å². The maximum atomic E-state index is 11.9. The molecule has 2 N–H and O–H groups in total. The van der Waals surface area contributed by atoms with E-state index in [4.69, 9.17) is 9.73 Å². The molecule has 2 aliphatic rings. The number of para-hydroxylation sites is 1. The summed E-state index contributed by atoms with van der Waals surface area (Å²) in [5, 5.41) is 6.91. The number of carbonyl (C=O) groups excluding carboxylic acids is 1. The first-order chi connectivity index (χ1) is 15.7. The first-order valence-corrected chi connectivity index (χ1v) is 12.2. The number of aliphatic imine (C=N–C) groups is 1. The number of halogens is 1. The molecular formula is C24H41IN6O2. The predicted molar refractivity (Wildman–Crippen MR) is 146 cm³/mol. The van der Waals surface area contributed by atoms with Gasteiger partial charge in [-0.25, -0.2) is 4.79 Å². The van der Waals surface area contributed by atoms with E-state index in [1.165, 1.54) is 5.69 Å². The zero-order valence-corrected chi connectivity index (χ0v) is 22.5. The van der Waals surface area contributed by atoms with Crippen molar-refractivity contribution in [3.63, 3.8) is 0 Å². The van der Waals surface area contributed by atoms with Crippen molar-refractivity contribution in [1.82, 2.24) is 20.4 Å². The van der Waals surface area contributed by atoms with Gasteiger partial charge in [-0.3, -0.25) is 9.89 Å². The Morgan fingerprint density at radius 3 is 2.39 bits per heavy atom. The molecule has 1 aromatic rings. The Morgan fingerprint density at radius 1 is 1.06 bits per heavy atom. The number of hydrogen-bond acceptors (Lipinski definition) is 5. The molecule has 1 aromatic carbocycles. The van der Waals surface area contributed by atoms with Crippen molar-refractivity contribution in [3.8, 4) is 0 Å². The van der Waals surface area contributed by atoms with Gasteiger partial charge in [0.1, 0.15) is 0 Å². The Kier molecular flexibility index (Phi) is 12.7. The lowest BCUT2D eigenvalue weighted by atomic mass is 10.1. The Hall–Kier alpha value is -1.75. The van der Waals surface area contributed by atoms with Crippen LogP contribution in [0.4, 0.5) is 10.5 Å². The number of likely N-dealkylation sites (tertiary alicyclic amines) is 1. The maximum Gasteiger partial charge on any atom is 0.409 e. The topological polar surface area (TPSA) is 72.4 Å². The number of guanidine groups is 1. The van der Waals surface area contributed by atoms with Crippen molar-refractivity contribution in [1.29, 1.82) is 0 Å². The van der Waals surface area contributed by atoms with Crippen molar-refractivity contribution in [2.75, 3.05) is 70.4 Å². The Balaban J connectivity index is 0.00000385. The summed E-state index contributed by atoms with van der Waals surface area (Å²) in [6, 6.07) is 11.0. The minimum atomic E-state index is -0.198. The van der Waals surface area contributed by atoms with E-state index in [1.54, 1.807) is 4.90 Å². The molecule has 0 bridgehead atoms. The number of ether oxygens (including phenoxy) is 1. The number of nitrogens with one attached hydrogen (secondary N) is 2. The van der Waals surface area contributed by atoms with Crippen LogP contribution in [-0.4, -0.2) is 93.4 Å². The minimum absolute atomic E-state index is 0. The smallest absolute Gasteiger partial charge is 0.409 e. The van der Waals surface area contributed by atoms with Gasteiger partial charge in [-0.1, -0.05) is 18.2 Å². The molecule has 0 aliphatic carbocycles. The Bertz CT molecular complexity index is 704. The second kappa shape index (κ2) is 15.2. The highest BCUT2D eigenvalue weighted by Crippen LogP contribution is 2.15. The molecule has 33 heavy (non-hydrogen) atoms. The molecule has 3 rings (SSSR count). The standard InChI is InChI=1S/C24H40N6O2.HI/c1-3-25-23(27-21-11-15-30(16-12-21)24(31)32-4-2)26-13-8-14-28-17-19-29(20-18-28)22-9-6-5-7-10-22;/h5-7,9-10,21H,3-4,8,11-20H2,1-2H3,(H2,25,26,27);1H.